The van der Waals surface area contributed by atoms with Crippen molar-refractivity contribution < 1.29 is 14.0 Å². The molecule has 1 aromatic heterocycles. The summed E-state index contributed by atoms with van der Waals surface area (Å²) in [5.41, 5.74) is 0. The Kier molecular flexibility index (Phi) is 5.81. The highest BCUT2D eigenvalue weighted by Crippen LogP contribution is 2.16. The van der Waals surface area contributed by atoms with Gasteiger partial charge in [-0.3, -0.25) is 9.59 Å². The first kappa shape index (κ1) is 16.3. The van der Waals surface area contributed by atoms with E-state index in [2.05, 4.69) is 5.32 Å². The lowest BCUT2D eigenvalue weighted by Crippen LogP contribution is -2.43. The lowest BCUT2D eigenvalue weighted by Gasteiger charge is -2.32. The predicted octanol–water partition coefficient (Wildman–Crippen LogP) is 2.46. The van der Waals surface area contributed by atoms with Crippen LogP contribution >= 0.6 is 0 Å². The zero-order valence-electron chi connectivity index (χ0n) is 13.2. The number of carbonyl (C=O) groups is 2. The number of piperidine rings is 1. The molecular formula is C17H24N2O3. The second-order valence-electron chi connectivity index (χ2n) is 6.08. The normalized spacial score (nSPS) is 18.9. The predicted molar refractivity (Wildman–Crippen MR) is 84.3 cm³/mol. The van der Waals surface area contributed by atoms with Crippen LogP contribution in [0.4, 0.5) is 0 Å². The third-order valence-corrected chi connectivity index (χ3v) is 3.75. The second kappa shape index (κ2) is 7.82. The first-order chi connectivity index (χ1) is 10.6. The van der Waals surface area contributed by atoms with E-state index in [1.807, 2.05) is 24.8 Å². The van der Waals surface area contributed by atoms with E-state index in [1.54, 1.807) is 18.2 Å². The fourth-order valence-electron chi connectivity index (χ4n) is 2.54. The number of hydrogen-bond donors (Lipinski definition) is 1. The van der Waals surface area contributed by atoms with Gasteiger partial charge in [0, 0.05) is 19.6 Å². The van der Waals surface area contributed by atoms with E-state index in [9.17, 15) is 9.59 Å². The van der Waals surface area contributed by atoms with E-state index in [0.29, 0.717) is 30.7 Å². The number of nitrogens with one attached hydrogen (secondary N) is 1. The minimum absolute atomic E-state index is 0.0655. The van der Waals surface area contributed by atoms with Crippen LogP contribution in [0.15, 0.2) is 35.0 Å². The third kappa shape index (κ3) is 4.76. The summed E-state index contributed by atoms with van der Waals surface area (Å²) >= 11 is 0. The summed E-state index contributed by atoms with van der Waals surface area (Å²) < 4.78 is 5.06. The Labute approximate surface area is 131 Å². The van der Waals surface area contributed by atoms with Crippen LogP contribution in [0.25, 0.3) is 0 Å². The van der Waals surface area contributed by atoms with Crippen molar-refractivity contribution >= 4 is 11.8 Å². The van der Waals surface area contributed by atoms with Crippen LogP contribution < -0.4 is 5.32 Å². The van der Waals surface area contributed by atoms with Crippen LogP contribution in [0.5, 0.6) is 0 Å². The number of furan rings is 1. The average Bonchev–Trinajstić information content (AvgIpc) is 3.05. The molecule has 22 heavy (non-hydrogen) atoms. The van der Waals surface area contributed by atoms with E-state index in [1.165, 1.54) is 6.26 Å². The van der Waals surface area contributed by atoms with Crippen LogP contribution in [0.3, 0.4) is 0 Å². The van der Waals surface area contributed by atoms with Crippen LogP contribution in [0.1, 0.15) is 37.2 Å². The monoisotopic (exact) mass is 304 g/mol. The molecule has 0 radical (unpaired) electrons. The van der Waals surface area contributed by atoms with Gasteiger partial charge in [0.05, 0.1) is 6.26 Å². The number of carbonyl (C=O) groups excluding carboxylic acids is 2. The molecule has 1 saturated heterocycles. The quantitative estimate of drug-likeness (QED) is 0.850. The fraction of sp³-hybridized carbons (Fsp3) is 0.529. The highest BCUT2D eigenvalue weighted by molar-refractivity contribution is 5.91. The fourth-order valence-corrected chi connectivity index (χ4v) is 2.54. The molecule has 1 atom stereocenters. The summed E-state index contributed by atoms with van der Waals surface area (Å²) in [7, 11) is 0. The number of nitrogens with zero attached hydrogens (tertiary/aromatic N) is 1. The molecule has 5 nitrogen and oxygen atoms in total. The van der Waals surface area contributed by atoms with Crippen molar-refractivity contribution in [3.05, 3.63) is 36.3 Å². The molecule has 1 N–H and O–H groups in total. The zero-order valence-corrected chi connectivity index (χ0v) is 13.2. The maximum absolute atomic E-state index is 12.1. The van der Waals surface area contributed by atoms with E-state index in [4.69, 9.17) is 4.42 Å². The van der Waals surface area contributed by atoms with Crippen molar-refractivity contribution in [3.63, 3.8) is 0 Å². The lowest BCUT2D eigenvalue weighted by molar-refractivity contribution is -0.127. The van der Waals surface area contributed by atoms with Crippen LogP contribution in [-0.2, 0) is 4.79 Å². The van der Waals surface area contributed by atoms with Gasteiger partial charge in [0.2, 0.25) is 5.91 Å². The topological polar surface area (TPSA) is 62.6 Å². The number of hydrogen-bond acceptors (Lipinski definition) is 3. The standard InChI is InChI=1S/C17H24N2O3/c1-13(2)7-8-16(20)19-9-3-5-14(12-19)11-18-17(21)15-6-4-10-22-15/h4,6-8,10,13-14H,3,5,9,11-12H2,1-2H3,(H,18,21)/b8-7+/t14-/m1/s1. The number of likely N-dealkylation sites (tertiary alicyclic amines) is 1. The molecule has 0 saturated carbocycles. The SMILES string of the molecule is CC(C)/C=C/C(=O)N1CCC[C@H](CNC(=O)c2ccco2)C1. The minimum atomic E-state index is -0.201. The van der Waals surface area contributed by atoms with Crippen molar-refractivity contribution in [2.75, 3.05) is 19.6 Å². The molecule has 2 rings (SSSR count). The summed E-state index contributed by atoms with van der Waals surface area (Å²) in [5.74, 6) is 0.855. The summed E-state index contributed by atoms with van der Waals surface area (Å²) in [5, 5.41) is 2.88. The Morgan fingerprint density at radius 3 is 3.00 bits per heavy atom. The van der Waals surface area contributed by atoms with Gasteiger partial charge in [-0.25, -0.2) is 0 Å². The summed E-state index contributed by atoms with van der Waals surface area (Å²) in [6.45, 7) is 6.15. The van der Waals surface area contributed by atoms with Gasteiger partial charge in [-0.1, -0.05) is 19.9 Å². The number of allylic oxidation sites excluding steroid dienone is 1. The van der Waals surface area contributed by atoms with E-state index in [0.717, 1.165) is 19.4 Å². The molecule has 5 heteroatoms. The molecule has 0 spiro atoms. The van der Waals surface area contributed by atoms with Gasteiger partial charge in [-0.15, -0.1) is 0 Å². The van der Waals surface area contributed by atoms with Crippen LogP contribution in [-0.4, -0.2) is 36.3 Å². The lowest BCUT2D eigenvalue weighted by atomic mass is 9.97. The van der Waals surface area contributed by atoms with Crippen molar-refractivity contribution in [3.8, 4) is 0 Å². The van der Waals surface area contributed by atoms with Gasteiger partial charge in [-0.05, 0) is 42.9 Å². The van der Waals surface area contributed by atoms with Gasteiger partial charge in [-0.2, -0.15) is 0 Å². The third-order valence-electron chi connectivity index (χ3n) is 3.75. The van der Waals surface area contributed by atoms with E-state index < -0.39 is 0 Å². The van der Waals surface area contributed by atoms with Crippen molar-refractivity contribution in [1.29, 1.82) is 0 Å². The molecule has 2 amide bonds. The molecule has 0 aliphatic carbocycles. The van der Waals surface area contributed by atoms with Gasteiger partial charge >= 0.3 is 0 Å². The Morgan fingerprint density at radius 2 is 2.32 bits per heavy atom. The first-order valence-electron chi connectivity index (χ1n) is 7.85. The molecule has 0 aromatic carbocycles. The van der Waals surface area contributed by atoms with Crippen LogP contribution in [0, 0.1) is 11.8 Å². The van der Waals surface area contributed by atoms with Crippen LogP contribution in [0.2, 0.25) is 0 Å². The average molecular weight is 304 g/mol. The van der Waals surface area contributed by atoms with Crippen molar-refractivity contribution in [2.24, 2.45) is 11.8 Å². The molecule has 1 aliphatic rings. The Hall–Kier alpha value is -2.04. The molecule has 120 valence electrons. The van der Waals surface area contributed by atoms with E-state index in [-0.39, 0.29) is 11.8 Å². The van der Waals surface area contributed by atoms with Crippen molar-refractivity contribution in [1.82, 2.24) is 10.2 Å². The van der Waals surface area contributed by atoms with Crippen molar-refractivity contribution in [2.45, 2.75) is 26.7 Å². The first-order valence-corrected chi connectivity index (χ1v) is 7.85. The number of amides is 2. The largest absolute Gasteiger partial charge is 0.459 e. The Bertz CT molecular complexity index is 520. The molecule has 2 heterocycles. The summed E-state index contributed by atoms with van der Waals surface area (Å²) in [4.78, 5) is 25.8. The van der Waals surface area contributed by atoms with E-state index >= 15 is 0 Å². The van der Waals surface area contributed by atoms with Gasteiger partial charge in [0.1, 0.15) is 0 Å². The second-order valence-corrected chi connectivity index (χ2v) is 6.08. The summed E-state index contributed by atoms with van der Waals surface area (Å²) in [6.07, 6.45) is 7.06. The Balaban J connectivity index is 1.80. The summed E-state index contributed by atoms with van der Waals surface area (Å²) in [6, 6.07) is 3.33. The molecular weight excluding hydrogens is 280 g/mol. The molecule has 0 bridgehead atoms. The smallest absolute Gasteiger partial charge is 0.286 e. The maximum Gasteiger partial charge on any atom is 0.286 e. The minimum Gasteiger partial charge on any atom is -0.459 e. The Morgan fingerprint density at radius 1 is 1.50 bits per heavy atom. The highest BCUT2D eigenvalue weighted by Gasteiger charge is 2.23. The maximum atomic E-state index is 12.1. The molecule has 1 aliphatic heterocycles. The zero-order chi connectivity index (χ0) is 15.9. The van der Waals surface area contributed by atoms with Gasteiger partial charge in [0.15, 0.2) is 5.76 Å². The van der Waals surface area contributed by atoms with Gasteiger partial charge < -0.3 is 14.6 Å². The highest BCUT2D eigenvalue weighted by atomic mass is 16.3. The molecule has 0 unspecified atom stereocenters. The molecule has 1 fully saturated rings. The van der Waals surface area contributed by atoms with Gasteiger partial charge in [0.25, 0.3) is 5.91 Å². The number of rotatable bonds is 5. The molecule has 1 aromatic rings.